The van der Waals surface area contributed by atoms with Crippen molar-refractivity contribution in [2.75, 3.05) is 0 Å². The number of thiazole rings is 1. The van der Waals surface area contributed by atoms with Crippen LogP contribution in [0.1, 0.15) is 56.1 Å². The Morgan fingerprint density at radius 1 is 1.33 bits per heavy atom. The van der Waals surface area contributed by atoms with Gasteiger partial charge in [0.2, 0.25) is 11.8 Å². The van der Waals surface area contributed by atoms with Gasteiger partial charge >= 0.3 is 0 Å². The number of amides is 1. The monoisotopic (exact) mass is 466 g/mol. The molecule has 1 saturated carbocycles. The van der Waals surface area contributed by atoms with Crippen molar-refractivity contribution in [1.29, 1.82) is 0 Å². The van der Waals surface area contributed by atoms with Crippen molar-refractivity contribution in [3.05, 3.63) is 38.7 Å². The second-order valence-corrected chi connectivity index (χ2v) is 9.69. The molecule has 3 heterocycles. The summed E-state index contributed by atoms with van der Waals surface area (Å²) in [5.41, 5.74) is 0.767. The lowest BCUT2D eigenvalue weighted by Crippen LogP contribution is -2.33. The Balaban J connectivity index is 1.41. The predicted octanol–water partition coefficient (Wildman–Crippen LogP) is 4.95. The second-order valence-electron chi connectivity index (χ2n) is 7.00. The maximum atomic E-state index is 12.6. The summed E-state index contributed by atoms with van der Waals surface area (Å²) in [4.78, 5) is 22.7. The zero-order valence-corrected chi connectivity index (χ0v) is 18.2. The number of hydrogen-bond donors (Lipinski definition) is 1. The van der Waals surface area contributed by atoms with Gasteiger partial charge in [-0.1, -0.05) is 19.0 Å². The molecule has 1 fully saturated rings. The smallest absolute Gasteiger partial charge is 0.249 e. The maximum Gasteiger partial charge on any atom is 0.249 e. The molecule has 1 amide bonds. The van der Waals surface area contributed by atoms with Crippen LogP contribution in [0.5, 0.6) is 0 Å². The first-order valence-corrected chi connectivity index (χ1v) is 11.4. The number of carbonyl (C=O) groups is 1. The average molecular weight is 467 g/mol. The summed E-state index contributed by atoms with van der Waals surface area (Å²) in [6.07, 6.45) is 2.46. The topological polar surface area (TPSA) is 80.9 Å². The van der Waals surface area contributed by atoms with Gasteiger partial charge in [0.1, 0.15) is 11.0 Å². The molecular formula is C18H19BrN4O2S2. The molecule has 1 aliphatic carbocycles. The van der Waals surface area contributed by atoms with Crippen LogP contribution in [0.15, 0.2) is 25.8 Å². The molecule has 0 aliphatic heterocycles. The van der Waals surface area contributed by atoms with E-state index >= 15 is 0 Å². The number of aromatic nitrogens is 3. The van der Waals surface area contributed by atoms with Crippen LogP contribution in [0.2, 0.25) is 0 Å². The van der Waals surface area contributed by atoms with Gasteiger partial charge in [-0.05, 0) is 40.8 Å². The highest BCUT2D eigenvalue weighted by atomic mass is 79.9. The number of hydrogen-bond acceptors (Lipinski definition) is 7. The Morgan fingerprint density at radius 3 is 2.81 bits per heavy atom. The van der Waals surface area contributed by atoms with E-state index in [1.165, 1.54) is 0 Å². The first kappa shape index (κ1) is 18.8. The number of nitrogens with one attached hydrogen (secondary N) is 1. The SMILES string of the molecule is CC(C)C(NC(=O)Cc1csc(-c2cc(Br)cs2)n1)c1nc(C2CC2)no1. The van der Waals surface area contributed by atoms with Crippen LogP contribution in [-0.4, -0.2) is 21.0 Å². The van der Waals surface area contributed by atoms with Crippen molar-refractivity contribution >= 4 is 44.5 Å². The van der Waals surface area contributed by atoms with Crippen LogP contribution in [0.4, 0.5) is 0 Å². The standard InChI is InChI=1S/C18H19BrN4O2S2/c1-9(2)15(17-22-16(23-25-17)10-3-4-10)21-14(24)6-12-8-27-18(20-12)13-5-11(19)7-26-13/h5,7-10,15H,3-4,6H2,1-2H3,(H,21,24). The molecule has 1 unspecified atom stereocenters. The molecule has 0 saturated heterocycles. The first-order valence-electron chi connectivity index (χ1n) is 8.81. The van der Waals surface area contributed by atoms with Crippen molar-refractivity contribution < 1.29 is 9.32 Å². The van der Waals surface area contributed by atoms with Crippen molar-refractivity contribution in [1.82, 2.24) is 20.4 Å². The molecule has 142 valence electrons. The van der Waals surface area contributed by atoms with Crippen LogP contribution in [-0.2, 0) is 11.2 Å². The highest BCUT2D eigenvalue weighted by Gasteiger charge is 2.31. The van der Waals surface area contributed by atoms with Crippen LogP contribution < -0.4 is 5.32 Å². The highest BCUT2D eigenvalue weighted by Crippen LogP contribution is 2.38. The fourth-order valence-electron chi connectivity index (χ4n) is 2.71. The van der Waals surface area contributed by atoms with Gasteiger partial charge in [0.05, 0.1) is 17.0 Å². The lowest BCUT2D eigenvalue weighted by atomic mass is 10.0. The summed E-state index contributed by atoms with van der Waals surface area (Å²) in [5, 5.41) is 12.0. The molecule has 3 aromatic heterocycles. The summed E-state index contributed by atoms with van der Waals surface area (Å²) in [7, 11) is 0. The zero-order chi connectivity index (χ0) is 19.0. The van der Waals surface area contributed by atoms with Gasteiger partial charge in [0.15, 0.2) is 5.82 Å². The molecule has 9 heteroatoms. The minimum absolute atomic E-state index is 0.0934. The Labute approximate surface area is 173 Å². The lowest BCUT2D eigenvalue weighted by molar-refractivity contribution is -0.121. The quantitative estimate of drug-likeness (QED) is 0.532. The summed E-state index contributed by atoms with van der Waals surface area (Å²) in [6, 6.07) is 1.75. The van der Waals surface area contributed by atoms with Gasteiger partial charge in [0, 0.05) is 21.2 Å². The normalized spacial score (nSPS) is 15.3. The number of thiophene rings is 1. The molecule has 4 rings (SSSR count). The molecule has 1 aliphatic rings. The third-order valence-electron chi connectivity index (χ3n) is 4.32. The lowest BCUT2D eigenvalue weighted by Gasteiger charge is -2.18. The van der Waals surface area contributed by atoms with Crippen molar-refractivity contribution in [2.45, 2.75) is 45.1 Å². The van der Waals surface area contributed by atoms with Gasteiger partial charge in [-0.15, -0.1) is 22.7 Å². The number of halogens is 1. The van der Waals surface area contributed by atoms with E-state index in [0.29, 0.717) is 11.8 Å². The Bertz CT molecular complexity index is 945. The van der Waals surface area contributed by atoms with E-state index in [9.17, 15) is 4.79 Å². The molecule has 1 N–H and O–H groups in total. The number of carbonyl (C=O) groups excluding carboxylic acids is 1. The Morgan fingerprint density at radius 2 is 2.15 bits per heavy atom. The number of rotatable bonds is 7. The van der Waals surface area contributed by atoms with Crippen LogP contribution in [0.25, 0.3) is 9.88 Å². The van der Waals surface area contributed by atoms with E-state index in [1.54, 1.807) is 22.7 Å². The summed E-state index contributed by atoms with van der Waals surface area (Å²) in [5.74, 6) is 1.73. The summed E-state index contributed by atoms with van der Waals surface area (Å²) >= 11 is 6.64. The van der Waals surface area contributed by atoms with Crippen molar-refractivity contribution in [3.8, 4) is 9.88 Å². The largest absolute Gasteiger partial charge is 0.344 e. The van der Waals surface area contributed by atoms with Gasteiger partial charge < -0.3 is 9.84 Å². The van der Waals surface area contributed by atoms with Crippen molar-refractivity contribution in [3.63, 3.8) is 0 Å². The summed E-state index contributed by atoms with van der Waals surface area (Å²) < 4.78 is 6.46. The van der Waals surface area contributed by atoms with Crippen LogP contribution >= 0.6 is 38.6 Å². The fourth-order valence-corrected chi connectivity index (χ4v) is 5.04. The first-order chi connectivity index (χ1) is 13.0. The van der Waals surface area contributed by atoms with Crippen molar-refractivity contribution in [2.24, 2.45) is 5.92 Å². The van der Waals surface area contributed by atoms with E-state index in [-0.39, 0.29) is 24.3 Å². The molecule has 0 spiro atoms. The molecule has 3 aromatic rings. The van der Waals surface area contributed by atoms with Gasteiger partial charge in [-0.25, -0.2) is 4.98 Å². The molecule has 0 bridgehead atoms. The third-order valence-corrected chi connectivity index (χ3v) is 7.07. The van der Waals surface area contributed by atoms with Crippen LogP contribution in [0, 0.1) is 5.92 Å². The third kappa shape index (κ3) is 4.47. The minimum atomic E-state index is -0.288. The molecular weight excluding hydrogens is 448 g/mol. The van der Waals surface area contributed by atoms with E-state index in [4.69, 9.17) is 4.52 Å². The van der Waals surface area contributed by atoms with Gasteiger partial charge in [-0.3, -0.25) is 4.79 Å². The minimum Gasteiger partial charge on any atom is -0.344 e. The van der Waals surface area contributed by atoms with E-state index in [0.717, 1.165) is 38.7 Å². The molecule has 0 radical (unpaired) electrons. The van der Waals surface area contributed by atoms with E-state index < -0.39 is 0 Å². The Kier molecular flexibility index (Phi) is 5.43. The molecule has 1 atom stereocenters. The predicted molar refractivity (Wildman–Crippen MR) is 109 cm³/mol. The fraction of sp³-hybridized carbons (Fsp3) is 0.444. The van der Waals surface area contributed by atoms with Gasteiger partial charge in [-0.2, -0.15) is 4.98 Å². The average Bonchev–Trinajstić information content (AvgIpc) is 3.01. The number of nitrogens with zero attached hydrogens (tertiary/aromatic N) is 3. The second kappa shape index (κ2) is 7.81. The highest BCUT2D eigenvalue weighted by molar-refractivity contribution is 9.10. The molecule has 6 nitrogen and oxygen atoms in total. The van der Waals surface area contributed by atoms with E-state index in [1.807, 2.05) is 30.7 Å². The van der Waals surface area contributed by atoms with Gasteiger partial charge in [0.25, 0.3) is 0 Å². The molecule has 0 aromatic carbocycles. The summed E-state index contributed by atoms with van der Waals surface area (Å²) in [6.45, 7) is 4.06. The Hall–Kier alpha value is -1.58. The molecule has 27 heavy (non-hydrogen) atoms. The zero-order valence-electron chi connectivity index (χ0n) is 14.9. The van der Waals surface area contributed by atoms with E-state index in [2.05, 4.69) is 36.4 Å². The maximum absolute atomic E-state index is 12.6. The van der Waals surface area contributed by atoms with Crippen LogP contribution in [0.3, 0.4) is 0 Å².